The first-order valence-corrected chi connectivity index (χ1v) is 5.75. The van der Waals surface area contributed by atoms with Gasteiger partial charge in [0.25, 0.3) is 0 Å². The molecule has 0 saturated carbocycles. The van der Waals surface area contributed by atoms with Gasteiger partial charge in [-0.3, -0.25) is 4.79 Å². The van der Waals surface area contributed by atoms with Crippen molar-refractivity contribution in [3.8, 4) is 0 Å². The third-order valence-corrected chi connectivity index (χ3v) is 2.39. The Bertz CT molecular complexity index is 432. The quantitative estimate of drug-likeness (QED) is 0.664. The van der Waals surface area contributed by atoms with Crippen molar-refractivity contribution in [1.82, 2.24) is 0 Å². The monoisotopic (exact) mass is 255 g/mol. The third kappa shape index (κ3) is 3.75. The molecule has 5 heteroatoms. The molecule has 1 amide bonds. The van der Waals surface area contributed by atoms with E-state index in [1.165, 1.54) is 0 Å². The maximum absolute atomic E-state index is 11.5. The molecule has 17 heavy (non-hydrogen) atoms. The third-order valence-electron chi connectivity index (χ3n) is 2.14. The van der Waals surface area contributed by atoms with Crippen LogP contribution in [0, 0.1) is 6.92 Å². The van der Waals surface area contributed by atoms with Gasteiger partial charge in [-0.1, -0.05) is 6.07 Å². The Hall–Kier alpha value is -1.55. The number of amides is 1. The molecule has 0 aliphatic rings. The second-order valence-corrected chi connectivity index (χ2v) is 3.70. The zero-order chi connectivity index (χ0) is 12.8. The predicted molar refractivity (Wildman–Crippen MR) is 66.5 cm³/mol. The van der Waals surface area contributed by atoms with Gasteiger partial charge in [0.05, 0.1) is 12.2 Å². The van der Waals surface area contributed by atoms with E-state index in [0.29, 0.717) is 17.9 Å². The number of halogens is 1. The highest BCUT2D eigenvalue weighted by atomic mass is 35.5. The number of benzene rings is 1. The predicted octanol–water partition coefficient (Wildman–Crippen LogP) is 2.35. The van der Waals surface area contributed by atoms with Crippen molar-refractivity contribution < 1.29 is 14.3 Å². The Morgan fingerprint density at radius 1 is 1.41 bits per heavy atom. The average Bonchev–Trinajstić information content (AvgIpc) is 2.32. The van der Waals surface area contributed by atoms with E-state index in [1.54, 1.807) is 25.1 Å². The largest absolute Gasteiger partial charge is 0.462 e. The highest BCUT2D eigenvalue weighted by Gasteiger charge is 2.10. The van der Waals surface area contributed by atoms with Crippen LogP contribution in [-0.2, 0) is 9.53 Å². The number of aryl methyl sites for hydroxylation is 1. The molecule has 0 aromatic heterocycles. The number of hydrogen-bond donors (Lipinski definition) is 1. The Labute approximate surface area is 105 Å². The summed E-state index contributed by atoms with van der Waals surface area (Å²) in [6.07, 6.45) is 0. The van der Waals surface area contributed by atoms with Crippen LogP contribution in [0.3, 0.4) is 0 Å². The molecule has 0 aliphatic heterocycles. The van der Waals surface area contributed by atoms with Crippen molar-refractivity contribution >= 4 is 29.2 Å². The first-order chi connectivity index (χ1) is 8.08. The fourth-order valence-electron chi connectivity index (χ4n) is 1.28. The van der Waals surface area contributed by atoms with E-state index in [-0.39, 0.29) is 11.8 Å². The van der Waals surface area contributed by atoms with Crippen LogP contribution >= 0.6 is 11.6 Å². The van der Waals surface area contributed by atoms with E-state index < -0.39 is 5.97 Å². The van der Waals surface area contributed by atoms with Crippen LogP contribution in [0.5, 0.6) is 0 Å². The Kier molecular flexibility index (Phi) is 4.97. The number of ether oxygens (including phenoxy) is 1. The number of anilines is 1. The standard InChI is InChI=1S/C12H14ClNO3/c1-3-17-12(16)9-5-4-8(2)10(6-9)14-11(15)7-13/h4-6H,3,7H2,1-2H3,(H,14,15). The van der Waals surface area contributed by atoms with E-state index in [4.69, 9.17) is 16.3 Å². The smallest absolute Gasteiger partial charge is 0.338 e. The second kappa shape index (κ2) is 6.25. The SMILES string of the molecule is CCOC(=O)c1ccc(C)c(NC(=O)CCl)c1. The van der Waals surface area contributed by atoms with E-state index in [9.17, 15) is 9.59 Å². The molecule has 0 bridgehead atoms. The maximum atomic E-state index is 11.5. The highest BCUT2D eigenvalue weighted by Crippen LogP contribution is 2.17. The number of carbonyl (C=O) groups is 2. The molecule has 0 aliphatic carbocycles. The number of esters is 1. The van der Waals surface area contributed by atoms with Gasteiger partial charge in [-0.05, 0) is 31.5 Å². The molecule has 92 valence electrons. The van der Waals surface area contributed by atoms with Gasteiger partial charge in [0, 0.05) is 5.69 Å². The Morgan fingerprint density at radius 3 is 2.71 bits per heavy atom. The van der Waals surface area contributed by atoms with Gasteiger partial charge in [0.2, 0.25) is 5.91 Å². The van der Waals surface area contributed by atoms with Gasteiger partial charge in [0.15, 0.2) is 0 Å². The van der Waals surface area contributed by atoms with E-state index in [0.717, 1.165) is 5.56 Å². The zero-order valence-corrected chi connectivity index (χ0v) is 10.5. The van der Waals surface area contributed by atoms with E-state index in [1.807, 2.05) is 6.92 Å². The lowest BCUT2D eigenvalue weighted by molar-refractivity contribution is -0.113. The van der Waals surface area contributed by atoms with Gasteiger partial charge < -0.3 is 10.1 Å². The minimum Gasteiger partial charge on any atom is -0.462 e. The van der Waals surface area contributed by atoms with Gasteiger partial charge >= 0.3 is 5.97 Å². The minimum atomic E-state index is -0.408. The summed E-state index contributed by atoms with van der Waals surface area (Å²) in [6.45, 7) is 3.89. The molecule has 4 nitrogen and oxygen atoms in total. The van der Waals surface area contributed by atoms with Gasteiger partial charge in [-0.25, -0.2) is 4.79 Å². The van der Waals surface area contributed by atoms with Crippen molar-refractivity contribution in [3.05, 3.63) is 29.3 Å². The van der Waals surface area contributed by atoms with Crippen molar-refractivity contribution in [3.63, 3.8) is 0 Å². The van der Waals surface area contributed by atoms with E-state index >= 15 is 0 Å². The molecule has 0 radical (unpaired) electrons. The molecule has 1 aromatic carbocycles. The fraction of sp³-hybridized carbons (Fsp3) is 0.333. The summed E-state index contributed by atoms with van der Waals surface area (Å²) in [5.41, 5.74) is 1.83. The number of nitrogens with one attached hydrogen (secondary N) is 1. The summed E-state index contributed by atoms with van der Waals surface area (Å²) >= 11 is 5.40. The summed E-state index contributed by atoms with van der Waals surface area (Å²) in [5.74, 6) is -0.840. The number of rotatable bonds is 4. The topological polar surface area (TPSA) is 55.4 Å². The lowest BCUT2D eigenvalue weighted by Crippen LogP contribution is -2.14. The molecule has 0 unspecified atom stereocenters. The molecule has 0 atom stereocenters. The fourth-order valence-corrected chi connectivity index (χ4v) is 1.35. The van der Waals surface area contributed by atoms with Crippen molar-refractivity contribution in [1.29, 1.82) is 0 Å². The van der Waals surface area contributed by atoms with Crippen LogP contribution in [0.25, 0.3) is 0 Å². The first kappa shape index (κ1) is 13.5. The molecule has 0 saturated heterocycles. The summed E-state index contributed by atoms with van der Waals surface area (Å²) in [6, 6.07) is 4.98. The average molecular weight is 256 g/mol. The van der Waals surface area contributed by atoms with Crippen molar-refractivity contribution in [2.45, 2.75) is 13.8 Å². The Morgan fingerprint density at radius 2 is 2.12 bits per heavy atom. The molecule has 1 rings (SSSR count). The summed E-state index contributed by atoms with van der Waals surface area (Å²) < 4.78 is 4.88. The van der Waals surface area contributed by atoms with Crippen LogP contribution in [0.4, 0.5) is 5.69 Å². The number of carbonyl (C=O) groups excluding carboxylic acids is 2. The van der Waals surface area contributed by atoms with Crippen molar-refractivity contribution in [2.24, 2.45) is 0 Å². The normalized spacial score (nSPS) is 9.82. The van der Waals surface area contributed by atoms with Crippen LogP contribution in [0.15, 0.2) is 18.2 Å². The number of alkyl halides is 1. The summed E-state index contributed by atoms with van der Waals surface area (Å²) in [5, 5.41) is 2.62. The van der Waals surface area contributed by atoms with Crippen molar-refractivity contribution in [2.75, 3.05) is 17.8 Å². The zero-order valence-electron chi connectivity index (χ0n) is 9.75. The maximum Gasteiger partial charge on any atom is 0.338 e. The first-order valence-electron chi connectivity index (χ1n) is 5.22. The van der Waals surface area contributed by atoms with Crippen LogP contribution in [0.1, 0.15) is 22.8 Å². The van der Waals surface area contributed by atoms with Gasteiger partial charge in [0.1, 0.15) is 5.88 Å². The summed E-state index contributed by atoms with van der Waals surface area (Å²) in [7, 11) is 0. The lowest BCUT2D eigenvalue weighted by Gasteiger charge is -2.09. The molecular weight excluding hydrogens is 242 g/mol. The molecule has 0 fully saturated rings. The molecule has 0 spiro atoms. The van der Waals surface area contributed by atoms with Crippen LogP contribution in [0.2, 0.25) is 0 Å². The minimum absolute atomic E-state index is 0.122. The van der Waals surface area contributed by atoms with Gasteiger partial charge in [-0.2, -0.15) is 0 Å². The molecule has 1 aromatic rings. The molecule has 0 heterocycles. The van der Waals surface area contributed by atoms with Gasteiger partial charge in [-0.15, -0.1) is 11.6 Å². The second-order valence-electron chi connectivity index (χ2n) is 3.43. The Balaban J connectivity index is 2.93. The summed E-state index contributed by atoms with van der Waals surface area (Å²) in [4.78, 5) is 22.7. The lowest BCUT2D eigenvalue weighted by atomic mass is 10.1. The highest BCUT2D eigenvalue weighted by molar-refractivity contribution is 6.29. The number of hydrogen-bond acceptors (Lipinski definition) is 3. The molecular formula is C12H14ClNO3. The van der Waals surface area contributed by atoms with Crippen LogP contribution in [-0.4, -0.2) is 24.4 Å². The van der Waals surface area contributed by atoms with E-state index in [2.05, 4.69) is 5.32 Å². The molecule has 1 N–H and O–H groups in total. The van der Waals surface area contributed by atoms with Crippen LogP contribution < -0.4 is 5.32 Å².